The van der Waals surface area contributed by atoms with Crippen molar-refractivity contribution in [2.45, 2.75) is 24.4 Å². The fourth-order valence-electron chi connectivity index (χ4n) is 2.36. The van der Waals surface area contributed by atoms with Gasteiger partial charge in [0.1, 0.15) is 12.1 Å². The number of hydrogen-bond donors (Lipinski definition) is 0. The second-order valence-electron chi connectivity index (χ2n) is 4.00. The zero-order chi connectivity index (χ0) is 10.3. The molecule has 2 aliphatic heterocycles. The number of aromatic nitrogens is 2. The first-order chi connectivity index (χ1) is 7.38. The Bertz CT molecular complexity index is 373. The Morgan fingerprint density at radius 2 is 2.53 bits per heavy atom. The zero-order valence-electron chi connectivity index (χ0n) is 8.27. The van der Waals surface area contributed by atoms with E-state index in [4.69, 9.17) is 16.3 Å². The third-order valence-corrected chi connectivity index (χ3v) is 3.37. The van der Waals surface area contributed by atoms with E-state index in [0.29, 0.717) is 18.0 Å². The van der Waals surface area contributed by atoms with Gasteiger partial charge in [-0.05, 0) is 6.42 Å². The van der Waals surface area contributed by atoms with E-state index >= 15 is 0 Å². The van der Waals surface area contributed by atoms with Crippen LogP contribution in [0.4, 0.5) is 5.82 Å². The average Bonchev–Trinajstić information content (AvgIpc) is 2.90. The summed E-state index contributed by atoms with van der Waals surface area (Å²) >= 11 is 5.87. The summed E-state index contributed by atoms with van der Waals surface area (Å²) in [4.78, 5) is 10.6. The standard InChI is InChI=1S/C10H12ClN3O/c11-2-7-3-12-6-13-10(7)14-4-9-1-8(14)5-15-9/h3,6,8-9H,1-2,4-5H2. The molecule has 2 fully saturated rings. The van der Waals surface area contributed by atoms with Gasteiger partial charge in [-0.1, -0.05) is 0 Å². The van der Waals surface area contributed by atoms with E-state index in [0.717, 1.165) is 31.0 Å². The van der Waals surface area contributed by atoms with Gasteiger partial charge in [0, 0.05) is 18.3 Å². The summed E-state index contributed by atoms with van der Waals surface area (Å²) in [6.07, 6.45) is 4.87. The number of rotatable bonds is 2. The lowest BCUT2D eigenvalue weighted by atomic mass is 10.2. The first kappa shape index (κ1) is 9.36. The first-order valence-electron chi connectivity index (χ1n) is 5.11. The van der Waals surface area contributed by atoms with E-state index in [1.54, 1.807) is 12.5 Å². The highest BCUT2D eigenvalue weighted by Crippen LogP contribution is 2.33. The summed E-state index contributed by atoms with van der Waals surface area (Å²) in [7, 11) is 0. The molecule has 0 spiro atoms. The Morgan fingerprint density at radius 3 is 3.20 bits per heavy atom. The fourth-order valence-corrected chi connectivity index (χ4v) is 2.55. The van der Waals surface area contributed by atoms with Crippen molar-refractivity contribution in [3.63, 3.8) is 0 Å². The molecule has 1 aromatic rings. The molecule has 3 rings (SSSR count). The van der Waals surface area contributed by atoms with Crippen molar-refractivity contribution >= 4 is 17.4 Å². The molecular weight excluding hydrogens is 214 g/mol. The lowest BCUT2D eigenvalue weighted by Gasteiger charge is -2.28. The molecule has 2 bridgehead atoms. The highest BCUT2D eigenvalue weighted by Gasteiger charge is 2.40. The maximum atomic E-state index is 5.87. The highest BCUT2D eigenvalue weighted by molar-refractivity contribution is 6.17. The minimum Gasteiger partial charge on any atom is -0.374 e. The molecule has 15 heavy (non-hydrogen) atoms. The van der Waals surface area contributed by atoms with Crippen LogP contribution in [0.3, 0.4) is 0 Å². The zero-order valence-corrected chi connectivity index (χ0v) is 9.02. The molecule has 1 aromatic heterocycles. The van der Waals surface area contributed by atoms with Crippen molar-refractivity contribution in [3.8, 4) is 0 Å². The molecule has 0 radical (unpaired) electrons. The number of anilines is 1. The number of nitrogens with zero attached hydrogens (tertiary/aromatic N) is 3. The maximum Gasteiger partial charge on any atom is 0.136 e. The molecule has 0 N–H and O–H groups in total. The van der Waals surface area contributed by atoms with Crippen LogP contribution >= 0.6 is 11.6 Å². The smallest absolute Gasteiger partial charge is 0.136 e. The number of hydrogen-bond acceptors (Lipinski definition) is 4. The third kappa shape index (κ3) is 1.48. The van der Waals surface area contributed by atoms with E-state index in [1.165, 1.54) is 0 Å². The van der Waals surface area contributed by atoms with Gasteiger partial charge in [-0.2, -0.15) is 0 Å². The highest BCUT2D eigenvalue weighted by atomic mass is 35.5. The summed E-state index contributed by atoms with van der Waals surface area (Å²) < 4.78 is 5.56. The Kier molecular flexibility index (Phi) is 2.25. The molecule has 0 saturated carbocycles. The van der Waals surface area contributed by atoms with Crippen molar-refractivity contribution in [1.29, 1.82) is 0 Å². The van der Waals surface area contributed by atoms with Crippen LogP contribution in [0, 0.1) is 0 Å². The monoisotopic (exact) mass is 225 g/mol. The van der Waals surface area contributed by atoms with Crippen LogP contribution in [-0.4, -0.2) is 35.3 Å². The lowest BCUT2D eigenvalue weighted by Crippen LogP contribution is -2.38. The second-order valence-corrected chi connectivity index (χ2v) is 4.27. The molecule has 3 heterocycles. The van der Waals surface area contributed by atoms with Crippen molar-refractivity contribution in [1.82, 2.24) is 9.97 Å². The normalized spacial score (nSPS) is 28.7. The van der Waals surface area contributed by atoms with Gasteiger partial charge in [-0.3, -0.25) is 0 Å². The van der Waals surface area contributed by atoms with E-state index in [1.807, 2.05) is 0 Å². The molecule has 2 atom stereocenters. The summed E-state index contributed by atoms with van der Waals surface area (Å²) in [6, 6.07) is 0.479. The SMILES string of the molecule is ClCc1cncnc1N1CC2CC1CO2. The summed E-state index contributed by atoms with van der Waals surface area (Å²) in [5, 5.41) is 0. The second kappa shape index (κ2) is 3.61. The maximum absolute atomic E-state index is 5.87. The van der Waals surface area contributed by atoms with Crippen LogP contribution in [0.1, 0.15) is 12.0 Å². The van der Waals surface area contributed by atoms with Gasteiger partial charge in [-0.25, -0.2) is 9.97 Å². The van der Waals surface area contributed by atoms with Gasteiger partial charge in [0.25, 0.3) is 0 Å². The predicted octanol–water partition coefficient (Wildman–Crippen LogP) is 1.19. The van der Waals surface area contributed by atoms with Gasteiger partial charge in [0.2, 0.25) is 0 Å². The summed E-state index contributed by atoms with van der Waals surface area (Å²) in [5.41, 5.74) is 1.01. The lowest BCUT2D eigenvalue weighted by molar-refractivity contribution is 0.0988. The van der Waals surface area contributed by atoms with E-state index in [2.05, 4.69) is 14.9 Å². The minimum absolute atomic E-state index is 0.383. The van der Waals surface area contributed by atoms with Crippen molar-refractivity contribution in [2.75, 3.05) is 18.1 Å². The minimum atomic E-state index is 0.383. The van der Waals surface area contributed by atoms with E-state index in [-0.39, 0.29) is 0 Å². The molecule has 0 aromatic carbocycles. The van der Waals surface area contributed by atoms with Crippen LogP contribution < -0.4 is 4.90 Å². The molecule has 5 heteroatoms. The third-order valence-electron chi connectivity index (χ3n) is 3.08. The summed E-state index contributed by atoms with van der Waals surface area (Å²) in [5.74, 6) is 1.45. The van der Waals surface area contributed by atoms with E-state index < -0.39 is 0 Å². The molecule has 2 saturated heterocycles. The topological polar surface area (TPSA) is 38.2 Å². The van der Waals surface area contributed by atoms with Crippen LogP contribution in [0.5, 0.6) is 0 Å². The molecular formula is C10H12ClN3O. The Hall–Kier alpha value is -0.870. The fraction of sp³-hybridized carbons (Fsp3) is 0.600. The van der Waals surface area contributed by atoms with Gasteiger partial charge in [0.05, 0.1) is 24.6 Å². The van der Waals surface area contributed by atoms with Crippen LogP contribution in [0.25, 0.3) is 0 Å². The molecule has 80 valence electrons. The Morgan fingerprint density at radius 1 is 1.60 bits per heavy atom. The molecule has 4 nitrogen and oxygen atoms in total. The molecule has 2 aliphatic rings. The van der Waals surface area contributed by atoms with E-state index in [9.17, 15) is 0 Å². The number of morpholine rings is 1. The number of alkyl halides is 1. The number of ether oxygens (including phenoxy) is 1. The predicted molar refractivity (Wildman–Crippen MR) is 57.1 cm³/mol. The number of halogens is 1. The Labute approximate surface area is 93.2 Å². The first-order valence-corrected chi connectivity index (χ1v) is 5.65. The molecule has 2 unspecified atom stereocenters. The molecule has 0 aliphatic carbocycles. The van der Waals surface area contributed by atoms with Crippen molar-refractivity contribution < 1.29 is 4.74 Å². The van der Waals surface area contributed by atoms with Gasteiger partial charge >= 0.3 is 0 Å². The van der Waals surface area contributed by atoms with Crippen LogP contribution in [0.15, 0.2) is 12.5 Å². The summed E-state index contributed by atoms with van der Waals surface area (Å²) in [6.45, 7) is 1.75. The van der Waals surface area contributed by atoms with Gasteiger partial charge < -0.3 is 9.64 Å². The van der Waals surface area contributed by atoms with Crippen molar-refractivity contribution in [3.05, 3.63) is 18.1 Å². The van der Waals surface area contributed by atoms with Gasteiger partial charge in [-0.15, -0.1) is 11.6 Å². The van der Waals surface area contributed by atoms with Crippen molar-refractivity contribution in [2.24, 2.45) is 0 Å². The quantitative estimate of drug-likeness (QED) is 0.709. The number of fused-ring (bicyclic) bond motifs is 2. The van der Waals surface area contributed by atoms with Crippen LogP contribution in [0.2, 0.25) is 0 Å². The average molecular weight is 226 g/mol. The van der Waals surface area contributed by atoms with Gasteiger partial charge in [0.15, 0.2) is 0 Å². The largest absolute Gasteiger partial charge is 0.374 e. The molecule has 0 amide bonds. The Balaban J connectivity index is 1.92. The van der Waals surface area contributed by atoms with Crippen LogP contribution in [-0.2, 0) is 10.6 Å².